The quantitative estimate of drug-likeness (QED) is 0.434. The molecule has 4 rings (SSSR count). The van der Waals surface area contributed by atoms with Gasteiger partial charge in [0.1, 0.15) is 10.8 Å². The van der Waals surface area contributed by atoms with Crippen molar-refractivity contribution in [3.8, 4) is 21.7 Å². The maximum Gasteiger partial charge on any atom is 0.270 e. The number of nitrogens with zero attached hydrogens (tertiary/aromatic N) is 3. The molecule has 0 aliphatic carbocycles. The Morgan fingerprint density at radius 3 is 2.36 bits per heavy atom. The molecule has 122 valence electrons. The highest BCUT2D eigenvalue weighted by Gasteiger charge is 2.11. The predicted molar refractivity (Wildman–Crippen MR) is 99.4 cm³/mol. The first-order valence-corrected chi connectivity index (χ1v) is 8.29. The number of nitrogen functional groups attached to an aromatic ring is 1. The monoisotopic (exact) mass is 348 g/mol. The maximum atomic E-state index is 10.9. The molecule has 0 unspecified atom stereocenters. The molecule has 2 N–H and O–H groups in total. The third-order valence-electron chi connectivity index (χ3n) is 3.83. The Morgan fingerprint density at radius 2 is 1.68 bits per heavy atom. The average Bonchev–Trinajstić information content (AvgIpc) is 3.05. The minimum Gasteiger partial charge on any atom is -0.384 e. The molecule has 0 radical (unpaired) electrons. The summed E-state index contributed by atoms with van der Waals surface area (Å²) in [5, 5.41) is 11.7. The SMILES string of the molecule is Nc1ccc(-c2ccc(-c3nc4ccc([N+](=O)[O-])cc4s3)cc2)cn1. The van der Waals surface area contributed by atoms with Gasteiger partial charge in [-0.25, -0.2) is 9.97 Å². The van der Waals surface area contributed by atoms with Gasteiger partial charge in [0, 0.05) is 29.5 Å². The number of nitro groups is 1. The van der Waals surface area contributed by atoms with Crippen LogP contribution in [-0.4, -0.2) is 14.9 Å². The standard InChI is InChI=1S/C18H12N4O2S/c19-17-8-5-13(10-20-17)11-1-3-12(4-2-11)18-21-15-7-6-14(22(23)24)9-16(15)25-18/h1-10H,(H2,19,20). The summed E-state index contributed by atoms with van der Waals surface area (Å²) in [7, 11) is 0. The van der Waals surface area contributed by atoms with E-state index in [1.807, 2.05) is 30.3 Å². The summed E-state index contributed by atoms with van der Waals surface area (Å²) in [6, 6.07) is 16.4. The molecule has 0 fully saturated rings. The Labute approximate surface area is 146 Å². The molecule has 0 aliphatic rings. The number of nitro benzene ring substituents is 1. The number of aromatic nitrogens is 2. The molecule has 0 amide bonds. The van der Waals surface area contributed by atoms with E-state index in [2.05, 4.69) is 9.97 Å². The molecule has 0 saturated carbocycles. The Balaban J connectivity index is 1.68. The van der Waals surface area contributed by atoms with Gasteiger partial charge in [-0.05, 0) is 23.8 Å². The van der Waals surface area contributed by atoms with Gasteiger partial charge in [0.2, 0.25) is 0 Å². The largest absolute Gasteiger partial charge is 0.384 e. The van der Waals surface area contributed by atoms with E-state index >= 15 is 0 Å². The smallest absolute Gasteiger partial charge is 0.270 e. The fraction of sp³-hybridized carbons (Fsp3) is 0. The first kappa shape index (κ1) is 15.2. The first-order valence-electron chi connectivity index (χ1n) is 7.47. The van der Waals surface area contributed by atoms with Crippen LogP contribution >= 0.6 is 11.3 Å². The van der Waals surface area contributed by atoms with Crippen LogP contribution in [0.2, 0.25) is 0 Å². The highest BCUT2D eigenvalue weighted by Crippen LogP contribution is 2.33. The Bertz CT molecular complexity index is 1070. The second-order valence-electron chi connectivity index (χ2n) is 5.48. The van der Waals surface area contributed by atoms with Crippen molar-refractivity contribution in [1.82, 2.24) is 9.97 Å². The second kappa shape index (κ2) is 5.95. The highest BCUT2D eigenvalue weighted by molar-refractivity contribution is 7.21. The number of pyridine rings is 1. The van der Waals surface area contributed by atoms with Gasteiger partial charge in [0.15, 0.2) is 0 Å². The number of fused-ring (bicyclic) bond motifs is 1. The zero-order chi connectivity index (χ0) is 17.4. The van der Waals surface area contributed by atoms with Gasteiger partial charge in [-0.15, -0.1) is 11.3 Å². The molecule has 0 bridgehead atoms. The Morgan fingerprint density at radius 1 is 0.960 bits per heavy atom. The number of thiazole rings is 1. The van der Waals surface area contributed by atoms with E-state index < -0.39 is 4.92 Å². The summed E-state index contributed by atoms with van der Waals surface area (Å²) in [4.78, 5) is 19.2. The summed E-state index contributed by atoms with van der Waals surface area (Å²) >= 11 is 1.44. The zero-order valence-electron chi connectivity index (χ0n) is 12.9. The van der Waals surface area contributed by atoms with Gasteiger partial charge in [-0.3, -0.25) is 10.1 Å². The van der Waals surface area contributed by atoms with E-state index in [-0.39, 0.29) is 5.69 Å². The predicted octanol–water partition coefficient (Wildman–Crippen LogP) is 4.52. The van der Waals surface area contributed by atoms with Crippen molar-refractivity contribution in [2.75, 3.05) is 5.73 Å². The lowest BCUT2D eigenvalue weighted by molar-refractivity contribution is -0.384. The van der Waals surface area contributed by atoms with E-state index in [9.17, 15) is 10.1 Å². The second-order valence-corrected chi connectivity index (χ2v) is 6.51. The van der Waals surface area contributed by atoms with Gasteiger partial charge in [-0.2, -0.15) is 0 Å². The summed E-state index contributed by atoms with van der Waals surface area (Å²) in [5.41, 5.74) is 9.44. The highest BCUT2D eigenvalue weighted by atomic mass is 32.1. The molecule has 0 saturated heterocycles. The third kappa shape index (κ3) is 2.92. The van der Waals surface area contributed by atoms with Crippen molar-refractivity contribution >= 4 is 33.1 Å². The molecule has 0 spiro atoms. The molecule has 7 heteroatoms. The van der Waals surface area contributed by atoms with Crippen LogP contribution in [-0.2, 0) is 0 Å². The van der Waals surface area contributed by atoms with E-state index in [1.54, 1.807) is 24.4 Å². The molecular formula is C18H12N4O2S. The lowest BCUT2D eigenvalue weighted by Gasteiger charge is -2.03. The number of non-ortho nitro benzene ring substituents is 1. The van der Waals surface area contributed by atoms with Crippen molar-refractivity contribution in [2.24, 2.45) is 0 Å². The van der Waals surface area contributed by atoms with Gasteiger partial charge in [0.25, 0.3) is 5.69 Å². The normalized spacial score (nSPS) is 10.9. The number of rotatable bonds is 3. The van der Waals surface area contributed by atoms with Crippen LogP contribution in [0, 0.1) is 10.1 Å². The van der Waals surface area contributed by atoms with Crippen LogP contribution in [0.4, 0.5) is 11.5 Å². The Kier molecular flexibility index (Phi) is 3.62. The summed E-state index contributed by atoms with van der Waals surface area (Å²) in [5.74, 6) is 0.490. The van der Waals surface area contributed by atoms with Crippen molar-refractivity contribution in [3.05, 3.63) is 70.9 Å². The topological polar surface area (TPSA) is 94.9 Å². The Hall–Kier alpha value is -3.32. The lowest BCUT2D eigenvalue weighted by atomic mass is 10.1. The maximum absolute atomic E-state index is 10.9. The summed E-state index contributed by atoms with van der Waals surface area (Å²) < 4.78 is 0.802. The molecule has 25 heavy (non-hydrogen) atoms. The van der Waals surface area contributed by atoms with Crippen LogP contribution in [0.5, 0.6) is 0 Å². The number of hydrogen-bond acceptors (Lipinski definition) is 6. The number of benzene rings is 2. The molecule has 6 nitrogen and oxygen atoms in total. The van der Waals surface area contributed by atoms with Crippen LogP contribution in [0.15, 0.2) is 60.8 Å². The lowest BCUT2D eigenvalue weighted by Crippen LogP contribution is -1.88. The minimum absolute atomic E-state index is 0.0777. The van der Waals surface area contributed by atoms with Crippen molar-refractivity contribution in [2.45, 2.75) is 0 Å². The molecule has 4 aromatic rings. The first-order chi connectivity index (χ1) is 12.1. The molecule has 2 aromatic carbocycles. The summed E-state index contributed by atoms with van der Waals surface area (Å²) in [6.07, 6.45) is 1.74. The number of nitrogens with two attached hydrogens (primary N) is 1. The summed E-state index contributed by atoms with van der Waals surface area (Å²) in [6.45, 7) is 0. The van der Waals surface area contributed by atoms with Crippen LogP contribution < -0.4 is 5.73 Å². The van der Waals surface area contributed by atoms with E-state index in [4.69, 9.17) is 5.73 Å². The van der Waals surface area contributed by atoms with Gasteiger partial charge in [0.05, 0.1) is 15.1 Å². The van der Waals surface area contributed by atoms with E-state index in [0.29, 0.717) is 5.82 Å². The number of hydrogen-bond donors (Lipinski definition) is 1. The van der Waals surface area contributed by atoms with Crippen LogP contribution in [0.1, 0.15) is 0 Å². The molecule has 2 heterocycles. The van der Waals surface area contributed by atoms with Gasteiger partial charge in [-0.1, -0.05) is 24.3 Å². The van der Waals surface area contributed by atoms with Crippen molar-refractivity contribution < 1.29 is 4.92 Å². The number of anilines is 1. The fourth-order valence-corrected chi connectivity index (χ4v) is 3.54. The van der Waals surface area contributed by atoms with Crippen LogP contribution in [0.3, 0.4) is 0 Å². The fourth-order valence-electron chi connectivity index (χ4n) is 2.53. The molecule has 2 aromatic heterocycles. The minimum atomic E-state index is -0.395. The molecular weight excluding hydrogens is 336 g/mol. The van der Waals surface area contributed by atoms with Gasteiger partial charge >= 0.3 is 0 Å². The molecule has 0 aliphatic heterocycles. The van der Waals surface area contributed by atoms with Crippen LogP contribution in [0.25, 0.3) is 31.9 Å². The average molecular weight is 348 g/mol. The van der Waals surface area contributed by atoms with Crippen molar-refractivity contribution in [1.29, 1.82) is 0 Å². The molecule has 0 atom stereocenters. The third-order valence-corrected chi connectivity index (χ3v) is 4.90. The van der Waals surface area contributed by atoms with Crippen molar-refractivity contribution in [3.63, 3.8) is 0 Å². The van der Waals surface area contributed by atoms with Gasteiger partial charge < -0.3 is 5.73 Å². The zero-order valence-corrected chi connectivity index (χ0v) is 13.7. The van der Waals surface area contributed by atoms with E-state index in [1.165, 1.54) is 17.4 Å². The van der Waals surface area contributed by atoms with E-state index in [0.717, 1.165) is 31.9 Å².